The second kappa shape index (κ2) is 47.3. The lowest BCUT2D eigenvalue weighted by Crippen LogP contribution is -2.11. The molecule has 0 aromatic heterocycles. The summed E-state index contributed by atoms with van der Waals surface area (Å²) >= 11 is 0. The fourth-order valence-electron chi connectivity index (χ4n) is 3.48. The highest BCUT2D eigenvalue weighted by atomic mass is 16.6. The number of carbonyl (C=O) groups excluding carboxylic acids is 1. The van der Waals surface area contributed by atoms with Gasteiger partial charge in [-0.1, -0.05) is 73.6 Å². The first-order valence-electron chi connectivity index (χ1n) is 17.9. The molecule has 0 aromatic rings. The number of aldehydes is 1. The lowest BCUT2D eigenvalue weighted by atomic mass is 10.0. The summed E-state index contributed by atoms with van der Waals surface area (Å²) in [4.78, 5) is 10.2. The molecule has 1 unspecified atom stereocenters. The highest BCUT2D eigenvalue weighted by Crippen LogP contribution is 2.11. The number of hydrogen-bond donors (Lipinski definition) is 1. The van der Waals surface area contributed by atoms with E-state index in [1.54, 1.807) is 0 Å². The van der Waals surface area contributed by atoms with Crippen molar-refractivity contribution in [3.8, 4) is 0 Å². The number of carbonyl (C=O) groups is 1. The van der Waals surface area contributed by atoms with Gasteiger partial charge in [-0.2, -0.15) is 0 Å². The van der Waals surface area contributed by atoms with E-state index in [0.717, 1.165) is 64.4 Å². The van der Waals surface area contributed by atoms with Crippen LogP contribution in [0.4, 0.5) is 0 Å². The normalized spacial score (nSPS) is 11.8. The minimum atomic E-state index is 0.0696. The molecule has 9 heteroatoms. The molecule has 45 heavy (non-hydrogen) atoms. The van der Waals surface area contributed by atoms with Crippen LogP contribution >= 0.6 is 0 Å². The maximum Gasteiger partial charge on any atom is 0.123 e. The summed E-state index contributed by atoms with van der Waals surface area (Å²) in [5.74, 6) is 0.324. The smallest absolute Gasteiger partial charge is 0.123 e. The standard InChI is InChI=1S/C18H36O4.C10H22O4.C8H16O/c1-4-7-9-18(6-3)17-22-16-15-21-14-13-20-12-11-19-10-8-5-2;1-2-3-5-12-7-9-14-10-8-13-6-4-11;1-3-5-6-8(4-2)7-9/h17H,4-16H2,1-3H3;11H,2-10H2,1H3;7-8H,3-6H2,1-2H3. The predicted molar refractivity (Wildman–Crippen MR) is 185 cm³/mol. The van der Waals surface area contributed by atoms with E-state index in [1.807, 2.05) is 6.26 Å². The SMILES string of the molecule is CCCCC(C=O)CC.CCCCOCCOCCOCCO.CCCCOCCOCCOCCOC=C(CC)CCCC. The van der Waals surface area contributed by atoms with Crippen molar-refractivity contribution in [3.05, 3.63) is 11.8 Å². The van der Waals surface area contributed by atoms with Crippen LogP contribution in [-0.4, -0.2) is 104 Å². The van der Waals surface area contributed by atoms with Crippen LogP contribution in [-0.2, 0) is 38.0 Å². The van der Waals surface area contributed by atoms with Crippen LogP contribution in [0, 0.1) is 5.92 Å². The van der Waals surface area contributed by atoms with Crippen molar-refractivity contribution in [2.75, 3.05) is 92.5 Å². The molecule has 1 atom stereocenters. The van der Waals surface area contributed by atoms with Crippen LogP contribution in [0.2, 0.25) is 0 Å². The highest BCUT2D eigenvalue weighted by Gasteiger charge is 2.01. The van der Waals surface area contributed by atoms with Gasteiger partial charge >= 0.3 is 0 Å². The molecule has 0 radical (unpaired) electrons. The van der Waals surface area contributed by atoms with E-state index in [0.29, 0.717) is 78.6 Å². The fourth-order valence-corrected chi connectivity index (χ4v) is 3.48. The molecule has 0 aliphatic heterocycles. The summed E-state index contributed by atoms with van der Waals surface area (Å²) in [5.41, 5.74) is 1.38. The number of unbranched alkanes of at least 4 members (excludes halogenated alkanes) is 4. The third-order valence-electron chi connectivity index (χ3n) is 6.55. The quantitative estimate of drug-likeness (QED) is 0.0438. The molecule has 0 spiro atoms. The van der Waals surface area contributed by atoms with Gasteiger partial charge < -0.3 is 43.1 Å². The van der Waals surface area contributed by atoms with Gasteiger partial charge in [0, 0.05) is 19.1 Å². The molecule has 0 aliphatic carbocycles. The Balaban J connectivity index is -0.000000653. The Kier molecular flexibility index (Phi) is 50.8. The average molecular weight is 651 g/mol. The molecule has 1 N–H and O–H groups in total. The second-order valence-electron chi connectivity index (χ2n) is 10.7. The van der Waals surface area contributed by atoms with Crippen LogP contribution in [0.3, 0.4) is 0 Å². The number of aliphatic hydroxyl groups excluding tert-OH is 1. The summed E-state index contributed by atoms with van der Waals surface area (Å²) in [6.07, 6.45) is 16.7. The van der Waals surface area contributed by atoms with Crippen molar-refractivity contribution in [1.82, 2.24) is 0 Å². The molecule has 0 heterocycles. The minimum Gasteiger partial charge on any atom is -0.499 e. The van der Waals surface area contributed by atoms with Crippen LogP contribution in [0.5, 0.6) is 0 Å². The minimum absolute atomic E-state index is 0.0696. The molecule has 0 amide bonds. The zero-order valence-corrected chi connectivity index (χ0v) is 30.3. The van der Waals surface area contributed by atoms with Crippen molar-refractivity contribution >= 4 is 6.29 Å². The van der Waals surface area contributed by atoms with Gasteiger partial charge in [-0.15, -0.1) is 0 Å². The molecule has 0 bridgehead atoms. The van der Waals surface area contributed by atoms with E-state index in [9.17, 15) is 4.79 Å². The first-order chi connectivity index (χ1) is 22.1. The summed E-state index contributed by atoms with van der Waals surface area (Å²) in [5, 5.41) is 8.40. The Morgan fingerprint density at radius 1 is 0.556 bits per heavy atom. The maximum absolute atomic E-state index is 10.2. The van der Waals surface area contributed by atoms with Gasteiger partial charge in [0.1, 0.15) is 12.9 Å². The Morgan fingerprint density at radius 2 is 0.978 bits per heavy atom. The molecular formula is C36H74O9. The summed E-state index contributed by atoms with van der Waals surface area (Å²) in [6, 6.07) is 0. The lowest BCUT2D eigenvalue weighted by molar-refractivity contribution is -0.111. The zero-order chi connectivity index (χ0) is 33.9. The molecule has 0 aliphatic rings. The first-order valence-corrected chi connectivity index (χ1v) is 17.9. The van der Waals surface area contributed by atoms with Crippen molar-refractivity contribution in [1.29, 1.82) is 0 Å². The van der Waals surface area contributed by atoms with Gasteiger partial charge in [-0.3, -0.25) is 0 Å². The maximum atomic E-state index is 10.2. The molecule has 0 saturated carbocycles. The Hall–Kier alpha value is -1.07. The number of ether oxygens (including phenoxy) is 7. The Labute approximate surface area is 278 Å². The molecule has 272 valence electrons. The van der Waals surface area contributed by atoms with Crippen LogP contribution in [0.15, 0.2) is 11.8 Å². The molecule has 0 aromatic carbocycles. The van der Waals surface area contributed by atoms with Crippen molar-refractivity contribution < 1.29 is 43.1 Å². The summed E-state index contributed by atoms with van der Waals surface area (Å²) in [6.45, 7) is 21.1. The number of allylic oxidation sites excluding steroid dienone is 1. The summed E-state index contributed by atoms with van der Waals surface area (Å²) in [7, 11) is 0. The lowest BCUT2D eigenvalue weighted by Gasteiger charge is -2.08. The third-order valence-corrected chi connectivity index (χ3v) is 6.55. The zero-order valence-electron chi connectivity index (χ0n) is 30.3. The van der Waals surface area contributed by atoms with E-state index < -0.39 is 0 Å². The first kappa shape index (κ1) is 48.3. The molecule has 0 saturated heterocycles. The van der Waals surface area contributed by atoms with Gasteiger partial charge in [0.2, 0.25) is 0 Å². The fraction of sp³-hybridized carbons (Fsp3) is 0.917. The van der Waals surface area contributed by atoms with E-state index in [4.69, 9.17) is 38.3 Å². The molecule has 0 fully saturated rings. The van der Waals surface area contributed by atoms with E-state index in [2.05, 4.69) is 41.5 Å². The van der Waals surface area contributed by atoms with Crippen LogP contribution < -0.4 is 0 Å². The van der Waals surface area contributed by atoms with Gasteiger partial charge in [0.15, 0.2) is 0 Å². The second-order valence-corrected chi connectivity index (χ2v) is 10.7. The number of rotatable bonds is 33. The monoisotopic (exact) mass is 651 g/mol. The van der Waals surface area contributed by atoms with Gasteiger partial charge in [0.05, 0.1) is 78.9 Å². The van der Waals surface area contributed by atoms with Crippen molar-refractivity contribution in [3.63, 3.8) is 0 Å². The van der Waals surface area contributed by atoms with Crippen LogP contribution in [0.25, 0.3) is 0 Å². The van der Waals surface area contributed by atoms with Crippen LogP contribution in [0.1, 0.15) is 119 Å². The molecule has 0 rings (SSSR count). The van der Waals surface area contributed by atoms with E-state index >= 15 is 0 Å². The number of aliphatic hydroxyl groups is 1. The van der Waals surface area contributed by atoms with Gasteiger partial charge in [-0.25, -0.2) is 0 Å². The third kappa shape index (κ3) is 47.5. The van der Waals surface area contributed by atoms with Gasteiger partial charge in [0.25, 0.3) is 0 Å². The van der Waals surface area contributed by atoms with E-state index in [1.165, 1.54) is 37.7 Å². The predicted octanol–water partition coefficient (Wildman–Crippen LogP) is 7.57. The topological polar surface area (TPSA) is 102 Å². The summed E-state index contributed by atoms with van der Waals surface area (Å²) < 4.78 is 37.3. The number of hydrogen-bond acceptors (Lipinski definition) is 9. The molecule has 9 nitrogen and oxygen atoms in total. The van der Waals surface area contributed by atoms with Crippen molar-refractivity contribution in [2.45, 2.75) is 119 Å². The highest BCUT2D eigenvalue weighted by molar-refractivity contribution is 5.53. The Morgan fingerprint density at radius 3 is 1.36 bits per heavy atom. The average Bonchev–Trinajstić information content (AvgIpc) is 3.06. The molecular weight excluding hydrogens is 576 g/mol. The van der Waals surface area contributed by atoms with Gasteiger partial charge in [-0.05, 0) is 50.5 Å². The largest absolute Gasteiger partial charge is 0.499 e. The Bertz CT molecular complexity index is 535. The van der Waals surface area contributed by atoms with E-state index in [-0.39, 0.29) is 6.61 Å². The van der Waals surface area contributed by atoms with Crippen molar-refractivity contribution in [2.24, 2.45) is 5.92 Å².